The molecule has 0 bridgehead atoms. The van der Waals surface area contributed by atoms with E-state index in [1.807, 2.05) is 31.2 Å². The quantitative estimate of drug-likeness (QED) is 0.619. The van der Waals surface area contributed by atoms with Gasteiger partial charge in [0, 0.05) is 37.9 Å². The summed E-state index contributed by atoms with van der Waals surface area (Å²) in [7, 11) is 1.61. The van der Waals surface area contributed by atoms with Gasteiger partial charge in [0.25, 0.3) is 11.8 Å². The standard InChI is InChI=1S/C24H26N6O3/c1-15-10-26-21(13-25-15)24(32)30-8-7-18(14-30)22-27-12-20(16(2)29-22)23(31)28-11-17-5-4-6-19(9-17)33-3/h4-6,9-10,12-13,18H,7-8,11,14H2,1-3H3,(H,28,31). The minimum Gasteiger partial charge on any atom is -0.497 e. The monoisotopic (exact) mass is 446 g/mol. The van der Waals surface area contributed by atoms with Crippen molar-refractivity contribution in [2.24, 2.45) is 0 Å². The van der Waals surface area contributed by atoms with E-state index in [9.17, 15) is 9.59 Å². The Bertz CT molecular complexity index is 1170. The molecule has 33 heavy (non-hydrogen) atoms. The molecular formula is C24H26N6O3. The molecule has 9 heteroatoms. The molecule has 3 heterocycles. The van der Waals surface area contributed by atoms with Gasteiger partial charge in [0.15, 0.2) is 0 Å². The number of nitrogens with one attached hydrogen (secondary N) is 1. The van der Waals surface area contributed by atoms with Crippen LogP contribution in [0.25, 0.3) is 0 Å². The summed E-state index contributed by atoms with van der Waals surface area (Å²) in [6.07, 6.45) is 5.41. The Balaban J connectivity index is 1.38. The topological polar surface area (TPSA) is 110 Å². The van der Waals surface area contributed by atoms with Crippen molar-refractivity contribution in [2.45, 2.75) is 32.7 Å². The van der Waals surface area contributed by atoms with E-state index in [2.05, 4.69) is 25.3 Å². The summed E-state index contributed by atoms with van der Waals surface area (Å²) in [6, 6.07) is 7.53. The summed E-state index contributed by atoms with van der Waals surface area (Å²) in [5.74, 6) is 1.02. The fourth-order valence-electron chi connectivity index (χ4n) is 3.79. The summed E-state index contributed by atoms with van der Waals surface area (Å²) in [5, 5.41) is 2.90. The number of nitrogens with zero attached hydrogens (tertiary/aromatic N) is 5. The summed E-state index contributed by atoms with van der Waals surface area (Å²) in [4.78, 5) is 44.5. The Kier molecular flexibility index (Phi) is 6.58. The van der Waals surface area contributed by atoms with Gasteiger partial charge < -0.3 is 15.0 Å². The number of hydrogen-bond donors (Lipinski definition) is 1. The lowest BCUT2D eigenvalue weighted by Gasteiger charge is -2.16. The molecule has 9 nitrogen and oxygen atoms in total. The van der Waals surface area contributed by atoms with Crippen LogP contribution in [0.2, 0.25) is 0 Å². The van der Waals surface area contributed by atoms with Crippen LogP contribution in [0.3, 0.4) is 0 Å². The van der Waals surface area contributed by atoms with Gasteiger partial charge in [-0.3, -0.25) is 14.6 Å². The molecule has 4 rings (SSSR count). The lowest BCUT2D eigenvalue weighted by Crippen LogP contribution is -2.29. The molecule has 2 amide bonds. The number of hydrogen-bond acceptors (Lipinski definition) is 7. The molecule has 170 valence electrons. The maximum Gasteiger partial charge on any atom is 0.274 e. The van der Waals surface area contributed by atoms with Gasteiger partial charge in [0.05, 0.1) is 30.3 Å². The van der Waals surface area contributed by atoms with E-state index in [0.29, 0.717) is 42.4 Å². The van der Waals surface area contributed by atoms with Gasteiger partial charge in [0.2, 0.25) is 0 Å². The highest BCUT2D eigenvalue weighted by Crippen LogP contribution is 2.26. The van der Waals surface area contributed by atoms with Crippen LogP contribution in [0.1, 0.15) is 56.0 Å². The number of carbonyl (C=O) groups is 2. The molecule has 1 atom stereocenters. The van der Waals surface area contributed by atoms with Crippen LogP contribution in [0, 0.1) is 13.8 Å². The lowest BCUT2D eigenvalue weighted by atomic mass is 10.1. The van der Waals surface area contributed by atoms with E-state index in [4.69, 9.17) is 4.74 Å². The highest BCUT2D eigenvalue weighted by Gasteiger charge is 2.30. The van der Waals surface area contributed by atoms with Crippen molar-refractivity contribution in [1.29, 1.82) is 0 Å². The SMILES string of the molecule is COc1cccc(CNC(=O)c2cnc(C3CCN(C(=O)c4cnc(C)cn4)C3)nc2C)c1. The molecule has 0 radical (unpaired) electrons. The summed E-state index contributed by atoms with van der Waals surface area (Å²) in [6.45, 7) is 5.11. The van der Waals surface area contributed by atoms with Crippen molar-refractivity contribution in [3.8, 4) is 5.75 Å². The zero-order valence-corrected chi connectivity index (χ0v) is 18.9. The fourth-order valence-corrected chi connectivity index (χ4v) is 3.79. The van der Waals surface area contributed by atoms with Gasteiger partial charge in [-0.25, -0.2) is 15.0 Å². The molecule has 1 saturated heterocycles. The second-order valence-electron chi connectivity index (χ2n) is 8.04. The predicted molar refractivity (Wildman–Crippen MR) is 121 cm³/mol. The van der Waals surface area contributed by atoms with Crippen LogP contribution >= 0.6 is 0 Å². The van der Waals surface area contributed by atoms with Gasteiger partial charge >= 0.3 is 0 Å². The summed E-state index contributed by atoms with van der Waals surface area (Å²) in [5.41, 5.74) is 3.08. The number of ether oxygens (including phenoxy) is 1. The van der Waals surface area contributed by atoms with Crippen molar-refractivity contribution < 1.29 is 14.3 Å². The highest BCUT2D eigenvalue weighted by molar-refractivity contribution is 5.95. The van der Waals surface area contributed by atoms with E-state index in [0.717, 1.165) is 23.4 Å². The molecule has 1 aromatic carbocycles. The van der Waals surface area contributed by atoms with Gasteiger partial charge in [0.1, 0.15) is 17.3 Å². The molecule has 0 spiro atoms. The number of amides is 2. The second-order valence-corrected chi connectivity index (χ2v) is 8.04. The van der Waals surface area contributed by atoms with E-state index >= 15 is 0 Å². The first-order valence-corrected chi connectivity index (χ1v) is 10.8. The molecule has 3 aromatic rings. The van der Waals surface area contributed by atoms with Gasteiger partial charge in [-0.05, 0) is 38.0 Å². The Morgan fingerprint density at radius 1 is 1.15 bits per heavy atom. The van der Waals surface area contributed by atoms with Gasteiger partial charge in [-0.1, -0.05) is 12.1 Å². The zero-order chi connectivity index (χ0) is 23.4. The van der Waals surface area contributed by atoms with Crippen molar-refractivity contribution in [3.05, 3.63) is 76.9 Å². The number of aromatic nitrogens is 4. The maximum atomic E-state index is 12.7. The minimum absolute atomic E-state index is 0.0138. The molecule has 1 N–H and O–H groups in total. The predicted octanol–water partition coefficient (Wildman–Crippen LogP) is 2.45. The first-order valence-electron chi connectivity index (χ1n) is 10.8. The third-order valence-electron chi connectivity index (χ3n) is 5.67. The zero-order valence-electron chi connectivity index (χ0n) is 18.9. The average Bonchev–Trinajstić information content (AvgIpc) is 3.33. The Labute approximate surface area is 192 Å². The molecular weight excluding hydrogens is 420 g/mol. The third kappa shape index (κ3) is 5.14. The molecule has 2 aromatic heterocycles. The number of likely N-dealkylation sites (tertiary alicyclic amines) is 1. The van der Waals surface area contributed by atoms with Crippen LogP contribution in [-0.2, 0) is 6.54 Å². The highest BCUT2D eigenvalue weighted by atomic mass is 16.5. The maximum absolute atomic E-state index is 12.7. The summed E-state index contributed by atoms with van der Waals surface area (Å²) < 4.78 is 5.22. The molecule has 0 aliphatic carbocycles. The van der Waals surface area contributed by atoms with Crippen LogP contribution < -0.4 is 10.1 Å². The lowest BCUT2D eigenvalue weighted by molar-refractivity contribution is 0.0784. The van der Waals surface area contributed by atoms with Gasteiger partial charge in [-0.15, -0.1) is 0 Å². The number of aryl methyl sites for hydroxylation is 2. The average molecular weight is 447 g/mol. The van der Waals surface area contributed by atoms with Crippen LogP contribution in [0.15, 0.2) is 42.9 Å². The Hall–Kier alpha value is -3.88. The number of benzene rings is 1. The van der Waals surface area contributed by atoms with Crippen molar-refractivity contribution in [1.82, 2.24) is 30.2 Å². The second kappa shape index (κ2) is 9.72. The number of methoxy groups -OCH3 is 1. The van der Waals surface area contributed by atoms with E-state index in [1.54, 1.807) is 31.3 Å². The molecule has 0 saturated carbocycles. The normalized spacial score (nSPS) is 15.4. The molecule has 1 aliphatic rings. The largest absolute Gasteiger partial charge is 0.497 e. The van der Waals surface area contributed by atoms with Gasteiger partial charge in [-0.2, -0.15) is 0 Å². The van der Waals surface area contributed by atoms with Crippen LogP contribution in [0.5, 0.6) is 5.75 Å². The number of rotatable bonds is 6. The molecule has 1 aliphatic heterocycles. The van der Waals surface area contributed by atoms with Crippen molar-refractivity contribution in [3.63, 3.8) is 0 Å². The minimum atomic E-state index is -0.233. The van der Waals surface area contributed by atoms with Crippen molar-refractivity contribution >= 4 is 11.8 Å². The molecule has 1 fully saturated rings. The molecule has 1 unspecified atom stereocenters. The number of carbonyl (C=O) groups excluding carboxylic acids is 2. The summed E-state index contributed by atoms with van der Waals surface area (Å²) >= 11 is 0. The first kappa shape index (κ1) is 22.3. The van der Waals surface area contributed by atoms with E-state index in [1.165, 1.54) is 6.20 Å². The van der Waals surface area contributed by atoms with E-state index in [-0.39, 0.29) is 17.7 Å². The van der Waals surface area contributed by atoms with Crippen LogP contribution in [-0.4, -0.2) is 56.8 Å². The van der Waals surface area contributed by atoms with Crippen LogP contribution in [0.4, 0.5) is 0 Å². The Morgan fingerprint density at radius 3 is 2.73 bits per heavy atom. The fraction of sp³-hybridized carbons (Fsp3) is 0.333. The first-order chi connectivity index (χ1) is 15.9. The smallest absolute Gasteiger partial charge is 0.274 e. The van der Waals surface area contributed by atoms with Crippen molar-refractivity contribution in [2.75, 3.05) is 20.2 Å². The Morgan fingerprint density at radius 2 is 2.00 bits per heavy atom. The third-order valence-corrected chi connectivity index (χ3v) is 5.67. The van der Waals surface area contributed by atoms with E-state index < -0.39 is 0 Å².